The average molecular weight is 490 g/mol. The third-order valence-electron chi connectivity index (χ3n) is 5.81. The number of carbonyl (C=O) groups is 1. The fourth-order valence-electron chi connectivity index (χ4n) is 3.85. The minimum Gasteiger partial charge on any atom is -0.342 e. The number of alkyl halides is 2. The minimum atomic E-state index is -3.09. The maximum atomic E-state index is 13.4. The molecule has 0 aliphatic carbocycles. The highest BCUT2D eigenvalue weighted by atomic mass is 19.3. The van der Waals surface area contributed by atoms with E-state index < -0.39 is 17.5 Å². The summed E-state index contributed by atoms with van der Waals surface area (Å²) < 4.78 is 28.3. The lowest BCUT2D eigenvalue weighted by Crippen LogP contribution is -2.26. The molecule has 0 aliphatic heterocycles. The number of aryl methyl sites for hydroxylation is 3. The molecule has 3 heterocycles. The van der Waals surface area contributed by atoms with Crippen LogP contribution in [-0.4, -0.2) is 20.4 Å². The molecule has 0 saturated carbocycles. The van der Waals surface area contributed by atoms with Gasteiger partial charge in [-0.3, -0.25) is 19.6 Å². The zero-order valence-electron chi connectivity index (χ0n) is 20.3. The Hall–Kier alpha value is -4.40. The second kappa shape index (κ2) is 9.33. The lowest BCUT2D eigenvalue weighted by molar-refractivity contribution is 0.0127. The van der Waals surface area contributed by atoms with Gasteiger partial charge in [-0.05, 0) is 61.4 Å². The molecule has 3 aromatic heterocycles. The van der Waals surface area contributed by atoms with Crippen LogP contribution in [0.4, 0.5) is 14.5 Å². The third kappa shape index (κ3) is 5.00. The van der Waals surface area contributed by atoms with Crippen LogP contribution >= 0.6 is 0 Å². The van der Waals surface area contributed by atoms with Crippen molar-refractivity contribution in [2.24, 2.45) is 7.05 Å². The number of aromatic nitrogens is 3. The SMILES string of the molecule is C=C(NC(=O)c1ccc(C(C)(F)F)nc1)Nc1ccc(C)c(-c2cc3cnc(C)cc3n(C)c2=O)c1. The van der Waals surface area contributed by atoms with E-state index in [4.69, 9.17) is 0 Å². The fourth-order valence-corrected chi connectivity index (χ4v) is 3.85. The van der Waals surface area contributed by atoms with Crippen LogP contribution in [0.25, 0.3) is 22.0 Å². The molecule has 184 valence electrons. The van der Waals surface area contributed by atoms with E-state index in [0.29, 0.717) is 11.3 Å². The van der Waals surface area contributed by atoms with E-state index in [1.807, 2.05) is 32.0 Å². The van der Waals surface area contributed by atoms with E-state index in [2.05, 4.69) is 27.2 Å². The van der Waals surface area contributed by atoms with Crippen LogP contribution in [0.2, 0.25) is 0 Å². The molecule has 0 radical (unpaired) electrons. The maximum Gasteiger partial charge on any atom is 0.286 e. The Morgan fingerprint density at radius 2 is 1.78 bits per heavy atom. The first kappa shape index (κ1) is 24.7. The van der Waals surface area contributed by atoms with Gasteiger partial charge in [-0.1, -0.05) is 12.6 Å². The summed E-state index contributed by atoms with van der Waals surface area (Å²) in [4.78, 5) is 33.7. The first-order chi connectivity index (χ1) is 16.9. The molecule has 0 aliphatic rings. The van der Waals surface area contributed by atoms with E-state index in [0.717, 1.165) is 46.9 Å². The number of nitrogens with one attached hydrogen (secondary N) is 2. The average Bonchev–Trinajstić information content (AvgIpc) is 2.82. The highest BCUT2D eigenvalue weighted by molar-refractivity contribution is 5.95. The highest BCUT2D eigenvalue weighted by Gasteiger charge is 2.26. The van der Waals surface area contributed by atoms with Crippen molar-refractivity contribution in [1.29, 1.82) is 0 Å². The van der Waals surface area contributed by atoms with Gasteiger partial charge in [0.05, 0.1) is 11.1 Å². The lowest BCUT2D eigenvalue weighted by atomic mass is 9.99. The number of anilines is 1. The molecule has 1 amide bonds. The van der Waals surface area contributed by atoms with E-state index >= 15 is 0 Å². The van der Waals surface area contributed by atoms with Gasteiger partial charge in [0.15, 0.2) is 0 Å². The monoisotopic (exact) mass is 489 g/mol. The Labute approximate surface area is 206 Å². The molecule has 0 atom stereocenters. The topological polar surface area (TPSA) is 88.9 Å². The van der Waals surface area contributed by atoms with Gasteiger partial charge >= 0.3 is 0 Å². The van der Waals surface area contributed by atoms with Crippen molar-refractivity contribution >= 4 is 22.5 Å². The number of hydrogen-bond donors (Lipinski definition) is 2. The number of nitrogens with zero attached hydrogens (tertiary/aromatic N) is 3. The van der Waals surface area contributed by atoms with Gasteiger partial charge in [0, 0.05) is 48.7 Å². The normalized spacial score (nSPS) is 11.4. The molecule has 0 spiro atoms. The first-order valence-electron chi connectivity index (χ1n) is 11.1. The van der Waals surface area contributed by atoms with Gasteiger partial charge in [-0.25, -0.2) is 0 Å². The Kier molecular flexibility index (Phi) is 6.41. The molecule has 9 heteroatoms. The number of amides is 1. The van der Waals surface area contributed by atoms with E-state index in [1.54, 1.807) is 29.9 Å². The third-order valence-corrected chi connectivity index (χ3v) is 5.81. The molecule has 36 heavy (non-hydrogen) atoms. The Bertz CT molecular complexity index is 1550. The number of benzene rings is 1. The summed E-state index contributed by atoms with van der Waals surface area (Å²) in [5, 5.41) is 6.43. The number of hydrogen-bond acceptors (Lipinski definition) is 5. The number of fused-ring (bicyclic) bond motifs is 1. The molecule has 4 aromatic rings. The van der Waals surface area contributed by atoms with Crippen LogP contribution < -0.4 is 16.2 Å². The molecule has 1 aromatic carbocycles. The second-order valence-electron chi connectivity index (χ2n) is 8.71. The minimum absolute atomic E-state index is 0.110. The van der Waals surface area contributed by atoms with Gasteiger partial charge in [0.2, 0.25) is 0 Å². The molecular weight excluding hydrogens is 464 g/mol. The largest absolute Gasteiger partial charge is 0.342 e. The molecule has 0 bridgehead atoms. The highest BCUT2D eigenvalue weighted by Crippen LogP contribution is 2.27. The zero-order chi connectivity index (χ0) is 26.2. The molecule has 0 saturated heterocycles. The number of carbonyl (C=O) groups excluding carboxylic acids is 1. The van der Waals surface area contributed by atoms with Crippen molar-refractivity contribution in [3.63, 3.8) is 0 Å². The summed E-state index contributed by atoms with van der Waals surface area (Å²) in [6.45, 7) is 8.34. The molecule has 0 unspecified atom stereocenters. The maximum absolute atomic E-state index is 13.4. The van der Waals surface area contributed by atoms with Crippen molar-refractivity contribution in [3.05, 3.63) is 100 Å². The molecule has 0 fully saturated rings. The van der Waals surface area contributed by atoms with Crippen LogP contribution in [0.3, 0.4) is 0 Å². The molecular formula is C27H25F2N5O2. The fraction of sp³-hybridized carbons (Fsp3) is 0.185. The summed E-state index contributed by atoms with van der Waals surface area (Å²) in [6, 6.07) is 11.5. The quantitative estimate of drug-likeness (QED) is 0.396. The van der Waals surface area contributed by atoms with Gasteiger partial charge in [0.1, 0.15) is 11.5 Å². The van der Waals surface area contributed by atoms with Crippen LogP contribution in [0.5, 0.6) is 0 Å². The van der Waals surface area contributed by atoms with Crippen molar-refractivity contribution in [2.75, 3.05) is 5.32 Å². The number of pyridine rings is 3. The standard InChI is InChI=1S/C27H25F2N5O2/c1-15-6-8-20(32-17(3)33-25(35)18-7-9-24(31-13-18)27(4,28)29)12-21(15)22-11-19-14-30-16(2)10-23(19)34(5)26(22)36/h6-14,32H,3H2,1-2,4-5H3,(H,33,35). The molecule has 4 rings (SSSR count). The van der Waals surface area contributed by atoms with Gasteiger partial charge < -0.3 is 15.2 Å². The molecule has 7 nitrogen and oxygen atoms in total. The predicted octanol–water partition coefficient (Wildman–Crippen LogP) is 5.04. The van der Waals surface area contributed by atoms with Crippen LogP contribution in [0.1, 0.15) is 34.2 Å². The zero-order valence-corrected chi connectivity index (χ0v) is 20.3. The van der Waals surface area contributed by atoms with E-state index in [1.165, 1.54) is 6.07 Å². The van der Waals surface area contributed by atoms with Crippen molar-refractivity contribution < 1.29 is 13.6 Å². The smallest absolute Gasteiger partial charge is 0.286 e. The first-order valence-corrected chi connectivity index (χ1v) is 11.1. The van der Waals surface area contributed by atoms with Crippen molar-refractivity contribution in [3.8, 4) is 11.1 Å². The summed E-state index contributed by atoms with van der Waals surface area (Å²) in [5.74, 6) is -3.47. The van der Waals surface area contributed by atoms with E-state index in [9.17, 15) is 18.4 Å². The van der Waals surface area contributed by atoms with E-state index in [-0.39, 0.29) is 16.9 Å². The summed E-state index contributed by atoms with van der Waals surface area (Å²) in [5.41, 5.74) is 3.90. The van der Waals surface area contributed by atoms with Crippen LogP contribution in [0.15, 0.2) is 72.1 Å². The Morgan fingerprint density at radius 1 is 1.03 bits per heavy atom. The van der Waals surface area contributed by atoms with Crippen LogP contribution in [-0.2, 0) is 13.0 Å². The van der Waals surface area contributed by atoms with Gasteiger partial charge in [0.25, 0.3) is 17.4 Å². The molecule has 2 N–H and O–H groups in total. The summed E-state index contributed by atoms with van der Waals surface area (Å²) in [6.07, 6.45) is 2.83. The van der Waals surface area contributed by atoms with Gasteiger partial charge in [-0.15, -0.1) is 0 Å². The van der Waals surface area contributed by atoms with Crippen molar-refractivity contribution in [2.45, 2.75) is 26.7 Å². The summed E-state index contributed by atoms with van der Waals surface area (Å²) in [7, 11) is 1.73. The second-order valence-corrected chi connectivity index (χ2v) is 8.71. The van der Waals surface area contributed by atoms with Crippen molar-refractivity contribution in [1.82, 2.24) is 19.9 Å². The summed E-state index contributed by atoms with van der Waals surface area (Å²) >= 11 is 0. The Morgan fingerprint density at radius 3 is 2.44 bits per heavy atom. The predicted molar refractivity (Wildman–Crippen MR) is 136 cm³/mol. The Balaban J connectivity index is 1.56. The lowest BCUT2D eigenvalue weighted by Gasteiger charge is -2.15. The number of rotatable bonds is 6. The number of halogens is 2. The van der Waals surface area contributed by atoms with Crippen LogP contribution in [0, 0.1) is 13.8 Å². The van der Waals surface area contributed by atoms with Gasteiger partial charge in [-0.2, -0.15) is 8.78 Å².